The van der Waals surface area contributed by atoms with Gasteiger partial charge in [0.25, 0.3) is 22.2 Å². The number of pyridine rings is 1. The van der Waals surface area contributed by atoms with Crippen molar-refractivity contribution in [3.8, 4) is 0 Å². The normalized spacial score (nSPS) is 25.0. The van der Waals surface area contributed by atoms with E-state index in [1.165, 1.54) is 43.0 Å². The van der Waals surface area contributed by atoms with Gasteiger partial charge < -0.3 is 84.7 Å². The maximum atomic E-state index is 12.9. The minimum absolute atomic E-state index is 0.0478. The van der Waals surface area contributed by atoms with E-state index in [9.17, 15) is 99.6 Å². The highest BCUT2D eigenvalue weighted by atomic mass is 16.6. The lowest BCUT2D eigenvalue weighted by atomic mass is 10.1. The number of rotatable bonds is 16. The summed E-state index contributed by atoms with van der Waals surface area (Å²) in [5, 5.41) is 136. The quantitative estimate of drug-likeness (QED) is 0.0431. The molecule has 110 heavy (non-hydrogen) atoms. The highest BCUT2D eigenvalue weighted by Gasteiger charge is 2.47. The molecular formula is C71H74N14O25. The van der Waals surface area contributed by atoms with Gasteiger partial charge in [-0.1, -0.05) is 78.0 Å². The summed E-state index contributed by atoms with van der Waals surface area (Å²) in [6, 6.07) is 35.8. The van der Waals surface area contributed by atoms with Gasteiger partial charge >= 0.3 is 22.8 Å². The number of H-pyrrole nitrogens is 1. The molecule has 39 heteroatoms. The maximum absolute atomic E-state index is 12.9. The lowest BCUT2D eigenvalue weighted by molar-refractivity contribution is -0.0555. The van der Waals surface area contributed by atoms with Crippen LogP contribution in [0.2, 0.25) is 0 Å². The molecule has 12 aromatic rings. The molecule has 0 radical (unpaired) electrons. The number of hydrogen-bond acceptors (Lipinski definition) is 29. The number of fused-ring (bicyclic) bond motifs is 4. The van der Waals surface area contributed by atoms with E-state index in [0.717, 1.165) is 69.7 Å². The number of aromatic amines is 1. The molecule has 4 unspecified atom stereocenters. The fraction of sp³-hybridized carbons (Fsp3) is 0.352. The van der Waals surface area contributed by atoms with E-state index in [-0.39, 0.29) is 26.2 Å². The smallest absolute Gasteiger partial charge is 0.333 e. The Labute approximate surface area is 615 Å². The van der Waals surface area contributed by atoms with Crippen molar-refractivity contribution in [3.05, 3.63) is 265 Å². The van der Waals surface area contributed by atoms with E-state index in [2.05, 4.69) is 25.4 Å². The van der Waals surface area contributed by atoms with Gasteiger partial charge in [-0.05, 0) is 35.7 Å². The van der Waals surface area contributed by atoms with Crippen LogP contribution in [0.4, 0.5) is 0 Å². The highest BCUT2D eigenvalue weighted by molar-refractivity contribution is 5.85. The summed E-state index contributed by atoms with van der Waals surface area (Å²) in [6.45, 7) is -2.36. The molecule has 4 aliphatic heterocycles. The molecule has 16 rings (SSSR count). The summed E-state index contributed by atoms with van der Waals surface area (Å²) in [5.74, 6) is 0. The maximum Gasteiger partial charge on any atom is 0.333 e. The van der Waals surface area contributed by atoms with Crippen LogP contribution >= 0.6 is 0 Å². The summed E-state index contributed by atoms with van der Waals surface area (Å²) in [7, 11) is 1.77. The Morgan fingerprint density at radius 1 is 0.391 bits per heavy atom. The summed E-state index contributed by atoms with van der Waals surface area (Å²) >= 11 is 0. The number of aryl methyl sites for hydroxylation is 1. The zero-order chi connectivity index (χ0) is 78.1. The fourth-order valence-electron chi connectivity index (χ4n) is 13.4. The molecule has 0 spiro atoms. The highest BCUT2D eigenvalue weighted by Crippen LogP contribution is 2.32. The molecule has 4 aliphatic rings. The Bertz CT molecular complexity index is 5660. The third-order valence-electron chi connectivity index (χ3n) is 19.4. The van der Waals surface area contributed by atoms with Crippen LogP contribution < -0.4 is 45.0 Å². The van der Waals surface area contributed by atoms with Gasteiger partial charge in [-0.3, -0.25) is 70.5 Å². The summed E-state index contributed by atoms with van der Waals surface area (Å²) < 4.78 is 36.4. The zero-order valence-corrected chi connectivity index (χ0v) is 57.9. The number of aliphatic hydroxyl groups is 12. The lowest BCUT2D eigenvalue weighted by Crippen LogP contribution is -2.43. The molecule has 39 nitrogen and oxygen atoms in total. The van der Waals surface area contributed by atoms with Crippen molar-refractivity contribution in [1.29, 1.82) is 0 Å². The van der Waals surface area contributed by atoms with E-state index in [0.29, 0.717) is 39.3 Å². The topological polar surface area (TPSA) is 541 Å². The summed E-state index contributed by atoms with van der Waals surface area (Å²) in [5.41, 5.74) is -0.817. The van der Waals surface area contributed by atoms with Crippen LogP contribution in [-0.4, -0.2) is 228 Å². The van der Waals surface area contributed by atoms with Gasteiger partial charge in [0.05, 0.1) is 80.7 Å². The molecule has 0 saturated carbocycles. The number of hydrogen-bond donors (Lipinski definition) is 13. The molecule has 16 atom stereocenters. The van der Waals surface area contributed by atoms with Crippen LogP contribution in [0.15, 0.2) is 201 Å². The van der Waals surface area contributed by atoms with Crippen LogP contribution in [0.1, 0.15) is 47.7 Å². The van der Waals surface area contributed by atoms with E-state index in [4.69, 9.17) is 23.5 Å². The van der Waals surface area contributed by atoms with Gasteiger partial charge in [-0.15, -0.1) is 0 Å². The second-order valence-electron chi connectivity index (χ2n) is 26.0. The Kier molecular flexibility index (Phi) is 22.8. The van der Waals surface area contributed by atoms with E-state index in [1.54, 1.807) is 48.3 Å². The molecule has 4 saturated heterocycles. The Morgan fingerprint density at radius 3 is 1.21 bits per heavy atom. The van der Waals surface area contributed by atoms with Crippen molar-refractivity contribution >= 4 is 43.5 Å². The average Bonchev–Trinajstić information content (AvgIpc) is 1.58. The first kappa shape index (κ1) is 77.0. The average molecular weight is 1520 g/mol. The first-order valence-electron chi connectivity index (χ1n) is 34.2. The van der Waals surface area contributed by atoms with Gasteiger partial charge in [0.1, 0.15) is 78.9 Å². The first-order valence-corrected chi connectivity index (χ1v) is 34.2. The summed E-state index contributed by atoms with van der Waals surface area (Å²) in [4.78, 5) is 105. The number of benzene rings is 4. The number of ether oxygens (including phenoxy) is 4. The largest absolute Gasteiger partial charge is 0.394 e. The molecule has 8 aromatic heterocycles. The molecular weight excluding hydrogens is 1450 g/mol. The third-order valence-corrected chi connectivity index (χ3v) is 19.4. The van der Waals surface area contributed by atoms with E-state index < -0.39 is 170 Å². The molecule has 13 N–H and O–H groups in total. The molecule has 0 aliphatic carbocycles. The van der Waals surface area contributed by atoms with E-state index in [1.807, 2.05) is 72.8 Å². The van der Waals surface area contributed by atoms with E-state index >= 15 is 0 Å². The Balaban J connectivity index is 0.000000129. The van der Waals surface area contributed by atoms with Crippen molar-refractivity contribution in [1.82, 2.24) is 66.7 Å². The standard InChI is InChI=1S/C19H19N3O6.C18H20N4O6.C17H18N4O6.C17H17N3O7/c23-10-14-16(25)17(26)18(28-14)21-8-6-15(24)22(19(21)27)9-13-12-4-2-1-3-11(12)5-7-20-13;1-20-12-5-3-2-4-10(12)11(19-20)8-22-14(24)6-7-21(18(22)27)17-16(26)15(25)13(9-23)28-17;22-8-12-14(24)15(25)16(27-12)20-6-5-13(23)21(17(20)26)7-11-9-3-1-2-4-10(9)18-19-11;21-8-12-14(23)15(24)16(26-12)19-6-5-13(22)20(17(19)25)7-10-9-3-1-2-4-11(9)27-18-10/h1-8,14,16-18,23,25-26H,9-10H2;2-7,13,15-17,23,25-26H,8-9H2,1H3;1-6,12,14-16,22,24-25H,7-8H2,(H,18,19);1-6,12,14-16,21,23-24H,7-8H2/t14-,16+,17?,18-;13-,15+,16?,17-;2*12-,14+,15?,16-/m1111/s1. The number of nitrogens with zero attached hydrogens (tertiary/aromatic N) is 13. The van der Waals surface area contributed by atoms with Crippen molar-refractivity contribution in [2.24, 2.45) is 7.05 Å². The minimum atomic E-state index is -1.43. The van der Waals surface area contributed by atoms with Gasteiger partial charge in [-0.25, -0.2) is 19.2 Å². The van der Waals surface area contributed by atoms with Crippen molar-refractivity contribution < 1.29 is 84.7 Å². The monoisotopic (exact) mass is 1520 g/mol. The number of nitrogens with one attached hydrogen (secondary N) is 1. The van der Waals surface area contributed by atoms with Crippen molar-refractivity contribution in [3.63, 3.8) is 0 Å². The zero-order valence-electron chi connectivity index (χ0n) is 57.9. The molecule has 4 aromatic carbocycles. The Hall–Kier alpha value is -11.2. The van der Waals surface area contributed by atoms with Crippen LogP contribution in [0.5, 0.6) is 0 Å². The van der Waals surface area contributed by atoms with Crippen LogP contribution in [-0.2, 0) is 52.2 Å². The predicted octanol–water partition coefficient (Wildman–Crippen LogP) is -4.87. The number of para-hydroxylation sites is 3. The fourth-order valence-corrected chi connectivity index (χ4v) is 13.4. The van der Waals surface area contributed by atoms with Gasteiger partial charge in [0, 0.05) is 83.8 Å². The second kappa shape index (κ2) is 32.5. The summed E-state index contributed by atoms with van der Waals surface area (Å²) in [6.07, 6.45) is -13.6. The molecule has 4 fully saturated rings. The van der Waals surface area contributed by atoms with Gasteiger partial charge in [0.15, 0.2) is 30.5 Å². The minimum Gasteiger partial charge on any atom is -0.394 e. The first-order chi connectivity index (χ1) is 52.9. The predicted molar refractivity (Wildman–Crippen MR) is 381 cm³/mol. The number of aromatic nitrogens is 14. The van der Waals surface area contributed by atoms with Gasteiger partial charge in [-0.2, -0.15) is 10.2 Å². The number of aliphatic hydroxyl groups excluding tert-OH is 12. The lowest BCUT2D eigenvalue weighted by Gasteiger charge is -2.18. The third kappa shape index (κ3) is 14.8. The Morgan fingerprint density at radius 2 is 0.764 bits per heavy atom. The second-order valence-corrected chi connectivity index (χ2v) is 26.0. The molecule has 0 amide bonds. The molecule has 578 valence electrons. The molecule has 0 bridgehead atoms. The van der Waals surface area contributed by atoms with Crippen LogP contribution in [0, 0.1) is 0 Å². The van der Waals surface area contributed by atoms with Crippen molar-refractivity contribution in [2.45, 2.75) is 124 Å². The van der Waals surface area contributed by atoms with Crippen molar-refractivity contribution in [2.75, 3.05) is 26.4 Å². The molecule has 12 heterocycles. The van der Waals surface area contributed by atoms with Crippen LogP contribution in [0.3, 0.4) is 0 Å². The van der Waals surface area contributed by atoms with Crippen LogP contribution in [0.25, 0.3) is 43.5 Å². The SMILES string of the molecule is Cn1nc(Cn2c(=O)ccn([C@@H]3O[C@H](CO)[C@H](O)C3O)c2=O)c2ccccc21.O=c1ccn([C@@H]2O[C@H](CO)[C@H](O)C2O)c(=O)n1Cc1[nH]nc2ccccc12.O=c1ccn([C@@H]2O[C@H](CO)[C@H](O)C2O)c(=O)n1Cc1nccc2ccccc12.O=c1ccn([C@@H]2O[C@H](CO)[C@H](O)C2O)c(=O)n1Cc1noc2ccccc12. The van der Waals surface area contributed by atoms with Gasteiger partial charge in [0.2, 0.25) is 0 Å².